The summed E-state index contributed by atoms with van der Waals surface area (Å²) in [6.07, 6.45) is 0.241. The van der Waals surface area contributed by atoms with Crippen LogP contribution in [0.2, 0.25) is 0 Å². The van der Waals surface area contributed by atoms with Crippen molar-refractivity contribution in [1.29, 1.82) is 0 Å². The second-order valence-electron chi connectivity index (χ2n) is 3.92. The first-order valence-corrected chi connectivity index (χ1v) is 4.27. The smallest absolute Gasteiger partial charge is 0.155 e. The fourth-order valence-corrected chi connectivity index (χ4v) is 1.55. The van der Waals surface area contributed by atoms with Gasteiger partial charge in [-0.25, -0.2) is 0 Å². The zero-order valence-corrected chi connectivity index (χ0v) is 8.05. The second kappa shape index (κ2) is 2.76. The fourth-order valence-electron chi connectivity index (χ4n) is 1.55. The number of hydrogen-bond donors (Lipinski definition) is 0. The van der Waals surface area contributed by atoms with E-state index in [1.807, 2.05) is 6.92 Å². The van der Waals surface area contributed by atoms with Gasteiger partial charge in [0.25, 0.3) is 0 Å². The van der Waals surface area contributed by atoms with Crippen LogP contribution in [0.15, 0.2) is 0 Å². The summed E-state index contributed by atoms with van der Waals surface area (Å²) in [6, 6.07) is 0. The minimum absolute atomic E-state index is 0.0446. The van der Waals surface area contributed by atoms with Gasteiger partial charge in [0.15, 0.2) is 6.29 Å². The molecule has 0 aromatic carbocycles. The van der Waals surface area contributed by atoms with Gasteiger partial charge in [0.1, 0.15) is 0 Å². The number of hydrogen-bond acceptors (Lipinski definition) is 2. The van der Waals surface area contributed by atoms with Crippen molar-refractivity contribution in [2.24, 2.45) is 5.92 Å². The summed E-state index contributed by atoms with van der Waals surface area (Å²) >= 11 is 0. The third kappa shape index (κ3) is 1.74. The Hall–Kier alpha value is -0.0800. The minimum Gasteiger partial charge on any atom is -0.350 e. The molecule has 0 aromatic heterocycles. The standard InChI is InChI=1S/C9H18O2/c1-6-7(2)10-8(3)11-9(6,4)5/h6-8H,1-5H3. The molecule has 0 N–H and O–H groups in total. The van der Waals surface area contributed by atoms with Gasteiger partial charge in [0.05, 0.1) is 11.7 Å². The van der Waals surface area contributed by atoms with Crippen molar-refractivity contribution >= 4 is 0 Å². The van der Waals surface area contributed by atoms with Crippen LogP contribution in [-0.2, 0) is 9.47 Å². The van der Waals surface area contributed by atoms with E-state index in [2.05, 4.69) is 27.7 Å². The molecule has 0 bridgehead atoms. The molecule has 1 saturated heterocycles. The fraction of sp³-hybridized carbons (Fsp3) is 1.00. The van der Waals surface area contributed by atoms with Gasteiger partial charge in [0.2, 0.25) is 0 Å². The van der Waals surface area contributed by atoms with Gasteiger partial charge in [-0.15, -0.1) is 0 Å². The number of rotatable bonds is 0. The zero-order chi connectivity index (χ0) is 8.65. The molecule has 66 valence electrons. The molecule has 11 heavy (non-hydrogen) atoms. The molecule has 0 aliphatic carbocycles. The summed E-state index contributed by atoms with van der Waals surface area (Å²) in [4.78, 5) is 0. The van der Waals surface area contributed by atoms with Crippen molar-refractivity contribution in [2.45, 2.75) is 52.6 Å². The first-order chi connectivity index (χ1) is 4.93. The molecule has 0 aromatic rings. The second-order valence-corrected chi connectivity index (χ2v) is 3.92. The van der Waals surface area contributed by atoms with E-state index in [4.69, 9.17) is 9.47 Å². The monoisotopic (exact) mass is 158 g/mol. The van der Waals surface area contributed by atoms with Crippen LogP contribution in [0.3, 0.4) is 0 Å². The molecule has 0 spiro atoms. The highest BCUT2D eigenvalue weighted by Gasteiger charge is 2.38. The Balaban J connectivity index is 2.67. The SMILES string of the molecule is CC1OC(C)C(C)C(C)(C)O1. The summed E-state index contributed by atoms with van der Waals surface area (Å²) < 4.78 is 11.1. The van der Waals surface area contributed by atoms with Gasteiger partial charge in [-0.05, 0) is 27.7 Å². The van der Waals surface area contributed by atoms with Crippen molar-refractivity contribution in [3.8, 4) is 0 Å². The van der Waals surface area contributed by atoms with Crippen molar-refractivity contribution in [2.75, 3.05) is 0 Å². The van der Waals surface area contributed by atoms with Gasteiger partial charge in [-0.3, -0.25) is 0 Å². The summed E-state index contributed by atoms with van der Waals surface area (Å²) in [5.41, 5.74) is -0.0446. The quantitative estimate of drug-likeness (QED) is 0.538. The Kier molecular flexibility index (Phi) is 2.26. The highest BCUT2D eigenvalue weighted by atomic mass is 16.7. The van der Waals surface area contributed by atoms with Crippen LogP contribution >= 0.6 is 0 Å². The Bertz CT molecular complexity index is 142. The van der Waals surface area contributed by atoms with Crippen LogP contribution in [0, 0.1) is 5.92 Å². The van der Waals surface area contributed by atoms with E-state index >= 15 is 0 Å². The number of ether oxygens (including phenoxy) is 2. The lowest BCUT2D eigenvalue weighted by atomic mass is 9.87. The van der Waals surface area contributed by atoms with Gasteiger partial charge in [-0.2, -0.15) is 0 Å². The van der Waals surface area contributed by atoms with Crippen LogP contribution in [0.4, 0.5) is 0 Å². The van der Waals surface area contributed by atoms with E-state index in [1.165, 1.54) is 0 Å². The molecule has 1 rings (SSSR count). The lowest BCUT2D eigenvalue weighted by Crippen LogP contribution is -2.48. The Morgan fingerprint density at radius 3 is 2.09 bits per heavy atom. The first-order valence-electron chi connectivity index (χ1n) is 4.27. The van der Waals surface area contributed by atoms with Crippen molar-refractivity contribution in [1.82, 2.24) is 0 Å². The molecule has 2 nitrogen and oxygen atoms in total. The Morgan fingerprint density at radius 1 is 1.09 bits per heavy atom. The molecule has 3 atom stereocenters. The highest BCUT2D eigenvalue weighted by molar-refractivity contribution is 4.83. The molecule has 1 aliphatic heterocycles. The summed E-state index contributed by atoms with van der Waals surface area (Å²) in [5, 5.41) is 0. The molecule has 0 saturated carbocycles. The first kappa shape index (κ1) is 9.01. The minimum atomic E-state index is -0.0591. The molecule has 0 radical (unpaired) electrons. The molecule has 3 unspecified atom stereocenters. The van der Waals surface area contributed by atoms with E-state index in [1.54, 1.807) is 0 Å². The predicted octanol–water partition coefficient (Wildman–Crippen LogP) is 2.18. The van der Waals surface area contributed by atoms with Crippen LogP contribution < -0.4 is 0 Å². The van der Waals surface area contributed by atoms with Crippen LogP contribution in [-0.4, -0.2) is 18.0 Å². The van der Waals surface area contributed by atoms with Crippen molar-refractivity contribution in [3.05, 3.63) is 0 Å². The predicted molar refractivity (Wildman–Crippen MR) is 44.3 cm³/mol. The third-order valence-electron chi connectivity index (χ3n) is 2.68. The molecule has 1 heterocycles. The average molecular weight is 158 g/mol. The molecule has 2 heteroatoms. The maximum Gasteiger partial charge on any atom is 0.155 e. The summed E-state index contributed by atoms with van der Waals surface area (Å²) in [7, 11) is 0. The van der Waals surface area contributed by atoms with E-state index < -0.39 is 0 Å². The maximum atomic E-state index is 5.63. The third-order valence-corrected chi connectivity index (χ3v) is 2.68. The Morgan fingerprint density at radius 2 is 1.64 bits per heavy atom. The van der Waals surface area contributed by atoms with Crippen LogP contribution in [0.5, 0.6) is 0 Å². The molecule has 1 fully saturated rings. The normalized spacial score (nSPS) is 43.9. The summed E-state index contributed by atoms with van der Waals surface area (Å²) in [5.74, 6) is 0.457. The molecule has 0 amide bonds. The summed E-state index contributed by atoms with van der Waals surface area (Å²) in [6.45, 7) is 10.5. The van der Waals surface area contributed by atoms with Crippen LogP contribution in [0.25, 0.3) is 0 Å². The van der Waals surface area contributed by atoms with Gasteiger partial charge >= 0.3 is 0 Å². The van der Waals surface area contributed by atoms with E-state index in [9.17, 15) is 0 Å². The van der Waals surface area contributed by atoms with Crippen LogP contribution in [0.1, 0.15) is 34.6 Å². The van der Waals surface area contributed by atoms with E-state index in [-0.39, 0.29) is 11.9 Å². The van der Waals surface area contributed by atoms with Crippen molar-refractivity contribution in [3.63, 3.8) is 0 Å². The largest absolute Gasteiger partial charge is 0.350 e. The van der Waals surface area contributed by atoms with Gasteiger partial charge in [0, 0.05) is 5.92 Å². The zero-order valence-electron chi connectivity index (χ0n) is 8.05. The lowest BCUT2D eigenvalue weighted by Gasteiger charge is -2.43. The van der Waals surface area contributed by atoms with Gasteiger partial charge in [-0.1, -0.05) is 6.92 Å². The topological polar surface area (TPSA) is 18.5 Å². The maximum absolute atomic E-state index is 5.63. The average Bonchev–Trinajstić information content (AvgIpc) is 1.81. The van der Waals surface area contributed by atoms with E-state index in [0.29, 0.717) is 12.0 Å². The molecule has 1 aliphatic rings. The van der Waals surface area contributed by atoms with Crippen molar-refractivity contribution < 1.29 is 9.47 Å². The lowest BCUT2D eigenvalue weighted by molar-refractivity contribution is -0.285. The van der Waals surface area contributed by atoms with Gasteiger partial charge < -0.3 is 9.47 Å². The molecular formula is C9H18O2. The Labute approximate surface area is 68.9 Å². The highest BCUT2D eigenvalue weighted by Crippen LogP contribution is 2.32. The van der Waals surface area contributed by atoms with E-state index in [0.717, 1.165) is 0 Å². The molecular weight excluding hydrogens is 140 g/mol.